The molecule has 1 saturated carbocycles. The number of fused-ring (bicyclic) bond motifs is 1. The lowest BCUT2D eigenvalue weighted by Crippen LogP contribution is -2.29. The number of rotatable bonds is 4. The number of aromatic nitrogens is 1. The molecule has 32 heavy (non-hydrogen) atoms. The second kappa shape index (κ2) is 7.30. The summed E-state index contributed by atoms with van der Waals surface area (Å²) < 4.78 is 32.4. The van der Waals surface area contributed by atoms with Crippen molar-refractivity contribution in [3.63, 3.8) is 0 Å². The summed E-state index contributed by atoms with van der Waals surface area (Å²) in [6.07, 6.45) is 2.60. The highest BCUT2D eigenvalue weighted by Crippen LogP contribution is 2.41. The van der Waals surface area contributed by atoms with Crippen molar-refractivity contribution in [3.8, 4) is 5.75 Å². The lowest BCUT2D eigenvalue weighted by atomic mass is 9.95. The third kappa shape index (κ3) is 3.20. The molecule has 1 saturated heterocycles. The Kier molecular flexibility index (Phi) is 4.67. The van der Waals surface area contributed by atoms with Crippen molar-refractivity contribution in [2.75, 3.05) is 18.0 Å². The van der Waals surface area contributed by atoms with E-state index in [0.29, 0.717) is 0 Å². The lowest BCUT2D eigenvalue weighted by molar-refractivity contribution is 0.0694. The molecule has 2 aliphatic rings. The van der Waals surface area contributed by atoms with Gasteiger partial charge in [0, 0.05) is 37.3 Å². The quantitative estimate of drug-likeness (QED) is 0.575. The molecule has 9 heteroatoms. The zero-order chi connectivity index (χ0) is 22.7. The van der Waals surface area contributed by atoms with E-state index in [9.17, 15) is 19.8 Å². The van der Waals surface area contributed by atoms with Gasteiger partial charge in [0.25, 0.3) is 0 Å². The van der Waals surface area contributed by atoms with Crippen LogP contribution < -0.4 is 16.1 Å². The molecule has 4 N–H and O–H groups in total. The highest BCUT2D eigenvalue weighted by atomic mass is 19.1. The van der Waals surface area contributed by atoms with E-state index in [0.717, 1.165) is 30.7 Å². The molecule has 5 rings (SSSR count). The maximum Gasteiger partial charge on any atom is 0.341 e. The minimum atomic E-state index is -1.43. The van der Waals surface area contributed by atoms with Crippen LogP contribution in [0.3, 0.4) is 0 Å². The number of benzene rings is 2. The second-order valence-corrected chi connectivity index (χ2v) is 8.50. The summed E-state index contributed by atoms with van der Waals surface area (Å²) in [7, 11) is 0. The number of halogens is 2. The number of nitrogens with zero attached hydrogens (tertiary/aromatic N) is 2. The van der Waals surface area contributed by atoms with Crippen LogP contribution in [-0.4, -0.2) is 39.9 Å². The Hall–Kier alpha value is -3.46. The normalized spacial score (nSPS) is 20.8. The minimum Gasteiger partial charge on any atom is -0.508 e. The summed E-state index contributed by atoms with van der Waals surface area (Å²) in [6, 6.07) is 6.94. The molecule has 1 aliphatic carbocycles. The van der Waals surface area contributed by atoms with Crippen LogP contribution in [0, 0.1) is 11.6 Å². The van der Waals surface area contributed by atoms with Crippen molar-refractivity contribution in [1.29, 1.82) is 0 Å². The van der Waals surface area contributed by atoms with Gasteiger partial charge in [-0.2, -0.15) is 0 Å². The van der Waals surface area contributed by atoms with E-state index in [1.165, 1.54) is 21.6 Å². The van der Waals surface area contributed by atoms with Gasteiger partial charge in [0.2, 0.25) is 5.43 Å². The van der Waals surface area contributed by atoms with Crippen molar-refractivity contribution in [3.05, 3.63) is 69.5 Å². The number of hydrogen-bond acceptors (Lipinski definition) is 5. The molecule has 2 fully saturated rings. The summed E-state index contributed by atoms with van der Waals surface area (Å²) in [5.74, 6) is -3.35. The van der Waals surface area contributed by atoms with Gasteiger partial charge in [0.1, 0.15) is 22.8 Å². The molecule has 166 valence electrons. The second-order valence-electron chi connectivity index (χ2n) is 8.50. The molecule has 2 heterocycles. The first-order chi connectivity index (χ1) is 15.3. The number of phenols is 1. The monoisotopic (exact) mass is 441 g/mol. The Morgan fingerprint density at radius 3 is 2.44 bits per heavy atom. The number of phenolic OH excluding ortho intramolecular Hbond substituents is 1. The Balaban J connectivity index is 1.63. The molecule has 2 aromatic carbocycles. The summed E-state index contributed by atoms with van der Waals surface area (Å²) >= 11 is 0. The summed E-state index contributed by atoms with van der Waals surface area (Å²) in [6.45, 7) is 0.456. The van der Waals surface area contributed by atoms with E-state index in [1.807, 2.05) is 0 Å². The molecule has 0 radical (unpaired) electrons. The molecule has 2 atom stereocenters. The summed E-state index contributed by atoms with van der Waals surface area (Å²) in [5.41, 5.74) is 5.36. The van der Waals surface area contributed by atoms with E-state index in [-0.39, 0.29) is 47.4 Å². The van der Waals surface area contributed by atoms with Gasteiger partial charge in [-0.05, 0) is 36.6 Å². The van der Waals surface area contributed by atoms with E-state index >= 15 is 8.78 Å². The van der Waals surface area contributed by atoms with Crippen molar-refractivity contribution in [1.82, 2.24) is 4.57 Å². The van der Waals surface area contributed by atoms with Crippen LogP contribution in [0.2, 0.25) is 0 Å². The number of pyridine rings is 1. The molecule has 1 aliphatic heterocycles. The molecule has 0 spiro atoms. The van der Waals surface area contributed by atoms with Gasteiger partial charge in [-0.1, -0.05) is 12.1 Å². The van der Waals surface area contributed by atoms with Crippen LogP contribution >= 0.6 is 0 Å². The average Bonchev–Trinajstić information content (AvgIpc) is 3.52. The van der Waals surface area contributed by atoms with E-state index in [1.54, 1.807) is 12.1 Å². The first-order valence-electron chi connectivity index (χ1n) is 10.4. The number of carboxylic acids is 1. The lowest BCUT2D eigenvalue weighted by Gasteiger charge is -2.22. The van der Waals surface area contributed by atoms with Crippen molar-refractivity contribution >= 4 is 22.6 Å². The van der Waals surface area contributed by atoms with Crippen LogP contribution in [0.5, 0.6) is 5.75 Å². The molecule has 0 unspecified atom stereocenters. The first kappa shape index (κ1) is 20.4. The highest BCUT2D eigenvalue weighted by Gasteiger charge is 2.36. The smallest absolute Gasteiger partial charge is 0.341 e. The van der Waals surface area contributed by atoms with Crippen LogP contribution in [0.25, 0.3) is 10.9 Å². The zero-order valence-electron chi connectivity index (χ0n) is 17.0. The van der Waals surface area contributed by atoms with Crippen LogP contribution in [0.15, 0.2) is 41.3 Å². The Morgan fingerprint density at radius 2 is 1.81 bits per heavy atom. The summed E-state index contributed by atoms with van der Waals surface area (Å²) in [5, 5.41) is 18.6. The van der Waals surface area contributed by atoms with Crippen LogP contribution in [-0.2, 0) is 0 Å². The van der Waals surface area contributed by atoms with Gasteiger partial charge in [0.05, 0.1) is 10.9 Å². The van der Waals surface area contributed by atoms with E-state index in [2.05, 4.69) is 0 Å². The number of nitrogens with two attached hydrogens (primary N) is 1. The molecule has 3 aromatic rings. The van der Waals surface area contributed by atoms with Crippen LogP contribution in [0.4, 0.5) is 14.5 Å². The van der Waals surface area contributed by atoms with Gasteiger partial charge in [-0.15, -0.1) is 0 Å². The van der Waals surface area contributed by atoms with Gasteiger partial charge < -0.3 is 25.4 Å². The van der Waals surface area contributed by atoms with Gasteiger partial charge >= 0.3 is 5.97 Å². The zero-order valence-corrected chi connectivity index (χ0v) is 17.0. The molecule has 1 aromatic heterocycles. The van der Waals surface area contributed by atoms with Crippen molar-refractivity contribution < 1.29 is 23.8 Å². The maximum absolute atomic E-state index is 15.8. The van der Waals surface area contributed by atoms with Crippen LogP contribution in [0.1, 0.15) is 40.7 Å². The number of carboxylic acid groups (broad SMARTS) is 1. The minimum absolute atomic E-state index is 0.0828. The predicted molar refractivity (Wildman–Crippen MR) is 114 cm³/mol. The number of anilines is 1. The van der Waals surface area contributed by atoms with Crippen molar-refractivity contribution in [2.45, 2.75) is 30.8 Å². The maximum atomic E-state index is 15.8. The van der Waals surface area contributed by atoms with E-state index in [4.69, 9.17) is 5.73 Å². The van der Waals surface area contributed by atoms with Crippen molar-refractivity contribution in [2.24, 2.45) is 5.73 Å². The van der Waals surface area contributed by atoms with Gasteiger partial charge in [-0.3, -0.25) is 4.79 Å². The Bertz CT molecular complexity index is 1300. The van der Waals surface area contributed by atoms with Gasteiger partial charge in [-0.25, -0.2) is 13.6 Å². The first-order valence-corrected chi connectivity index (χ1v) is 10.4. The topological polar surface area (TPSA) is 109 Å². The third-order valence-corrected chi connectivity index (χ3v) is 6.36. The Labute approximate surface area is 181 Å². The average molecular weight is 441 g/mol. The standard InChI is InChI=1S/C23H21F2N3O4/c24-17-7-14-20(28(12-3-4-12)9-16(22(14)30)23(31)32)19(25)21(17)27-8-15(18(26)10-27)11-1-5-13(29)6-2-11/h1-2,5-7,9,12,15,18,29H,3-4,8,10,26H2,(H,31,32)/t15-,18+/m0/s1. The number of hydrogen-bond donors (Lipinski definition) is 3. The molecular weight excluding hydrogens is 420 g/mol. The third-order valence-electron chi connectivity index (χ3n) is 6.36. The predicted octanol–water partition coefficient (Wildman–Crippen LogP) is 2.95. The fraction of sp³-hybridized carbons (Fsp3) is 0.304. The largest absolute Gasteiger partial charge is 0.508 e. The fourth-order valence-corrected chi connectivity index (χ4v) is 4.60. The number of aromatic hydroxyl groups is 1. The molecular formula is C23H21F2N3O4. The highest BCUT2D eigenvalue weighted by molar-refractivity contribution is 5.94. The Morgan fingerprint density at radius 1 is 1.12 bits per heavy atom. The number of aromatic carboxylic acids is 1. The molecule has 7 nitrogen and oxygen atoms in total. The fourth-order valence-electron chi connectivity index (χ4n) is 4.60. The molecule has 0 bridgehead atoms. The number of carbonyl (C=O) groups is 1. The summed E-state index contributed by atoms with van der Waals surface area (Å²) in [4.78, 5) is 25.7. The molecule has 0 amide bonds. The SMILES string of the molecule is N[C@@H]1CN(c2c(F)cc3c(=O)c(C(=O)O)cn(C4CC4)c3c2F)C[C@H]1c1ccc(O)cc1. The van der Waals surface area contributed by atoms with E-state index < -0.39 is 34.6 Å². The van der Waals surface area contributed by atoms with Gasteiger partial charge in [0.15, 0.2) is 5.82 Å².